The number of β-amino-alcohol motifs (C(OH)–C–C–N with tert-alkyl or cyclic N) is 1. The van der Waals surface area contributed by atoms with Crippen molar-refractivity contribution in [2.24, 2.45) is 7.05 Å². The van der Waals surface area contributed by atoms with Crippen LogP contribution < -0.4 is 5.32 Å². The number of fused-ring (bicyclic) bond motifs is 1. The maximum atomic E-state index is 14.5. The number of nitrogens with zero attached hydrogens (tertiary/aromatic N) is 4. The Kier molecular flexibility index (Phi) is 3.32. The van der Waals surface area contributed by atoms with Crippen LogP contribution in [0.25, 0.3) is 33.5 Å². The largest absolute Gasteiger partial charge is 0.378 e. The Bertz CT molecular complexity index is 1340. The van der Waals surface area contributed by atoms with Crippen LogP contribution in [0.3, 0.4) is 0 Å². The van der Waals surface area contributed by atoms with E-state index in [9.17, 15) is 19.6 Å². The van der Waals surface area contributed by atoms with Crippen molar-refractivity contribution in [2.45, 2.75) is 6.23 Å². The van der Waals surface area contributed by atoms with Gasteiger partial charge in [-0.15, -0.1) is 0 Å². The summed E-state index contributed by atoms with van der Waals surface area (Å²) in [5.41, 5.74) is 3.29. The van der Waals surface area contributed by atoms with Crippen molar-refractivity contribution in [1.29, 1.82) is 5.26 Å². The van der Waals surface area contributed by atoms with Crippen molar-refractivity contribution in [3.8, 4) is 17.6 Å². The molecule has 4 aromatic rings. The topological polar surface area (TPSA) is 95.9 Å². The van der Waals surface area contributed by atoms with Gasteiger partial charge in [0.15, 0.2) is 5.82 Å². The fraction of sp³-hybridized carbons (Fsp3) is 0.150. The first-order chi connectivity index (χ1) is 13.5. The van der Waals surface area contributed by atoms with Gasteiger partial charge in [0.2, 0.25) is 0 Å². The number of imidazole rings is 1. The molecule has 0 radical (unpaired) electrons. The highest BCUT2D eigenvalue weighted by atomic mass is 19.1. The number of hydrogen-bond acceptors (Lipinski definition) is 5. The van der Waals surface area contributed by atoms with Gasteiger partial charge < -0.3 is 19.6 Å². The van der Waals surface area contributed by atoms with Gasteiger partial charge >= 0.3 is 0 Å². The quantitative estimate of drug-likeness (QED) is 0.525. The maximum absolute atomic E-state index is 14.5. The zero-order chi connectivity index (χ0) is 19.6. The number of aldehydes is 1. The van der Waals surface area contributed by atoms with E-state index in [4.69, 9.17) is 0 Å². The zero-order valence-corrected chi connectivity index (χ0v) is 14.8. The van der Waals surface area contributed by atoms with Crippen LogP contribution in [0.15, 0.2) is 30.3 Å². The summed E-state index contributed by atoms with van der Waals surface area (Å²) < 4.78 is 17.9. The third kappa shape index (κ3) is 2.05. The second-order valence-corrected chi connectivity index (χ2v) is 6.78. The maximum Gasteiger partial charge on any atom is 0.157 e. The standard InChI is InChI=1S/C20H14FN5O2/c1-25-19-13(21)4-10(9-27)5-14(19)24-20(25)15-6-11-2-3-12(7-22)17-18(11)26(15)16(28)8-23-17/h2-6,9,16,23,28H,8H2,1H3/t16-/m0/s1. The van der Waals surface area contributed by atoms with E-state index in [1.807, 2.05) is 12.1 Å². The van der Waals surface area contributed by atoms with E-state index < -0.39 is 12.0 Å². The molecule has 138 valence electrons. The second-order valence-electron chi connectivity index (χ2n) is 6.78. The zero-order valence-electron chi connectivity index (χ0n) is 14.8. The molecule has 2 aromatic heterocycles. The lowest BCUT2D eigenvalue weighted by atomic mass is 10.1. The van der Waals surface area contributed by atoms with Gasteiger partial charge in [0, 0.05) is 18.0 Å². The van der Waals surface area contributed by atoms with Gasteiger partial charge in [0.25, 0.3) is 0 Å². The molecule has 0 saturated carbocycles. The van der Waals surface area contributed by atoms with E-state index in [0.717, 1.165) is 5.39 Å². The number of nitriles is 1. The van der Waals surface area contributed by atoms with Gasteiger partial charge in [-0.3, -0.25) is 4.79 Å². The van der Waals surface area contributed by atoms with Crippen LogP contribution in [0.4, 0.5) is 10.1 Å². The lowest BCUT2D eigenvalue weighted by Crippen LogP contribution is -2.24. The summed E-state index contributed by atoms with van der Waals surface area (Å²) in [5.74, 6) is -0.0798. The van der Waals surface area contributed by atoms with E-state index >= 15 is 0 Å². The van der Waals surface area contributed by atoms with E-state index in [2.05, 4.69) is 16.4 Å². The Balaban J connectivity index is 1.86. The average Bonchev–Trinajstić information content (AvgIpc) is 3.23. The molecular formula is C20H14FN5O2. The van der Waals surface area contributed by atoms with Crippen LogP contribution >= 0.6 is 0 Å². The molecule has 1 atom stereocenters. The predicted molar refractivity (Wildman–Crippen MR) is 101 cm³/mol. The van der Waals surface area contributed by atoms with Gasteiger partial charge in [0.1, 0.15) is 29.9 Å². The van der Waals surface area contributed by atoms with Crippen LogP contribution in [0.1, 0.15) is 22.1 Å². The molecule has 0 aliphatic carbocycles. The first kappa shape index (κ1) is 16.5. The van der Waals surface area contributed by atoms with Crippen LogP contribution in [-0.2, 0) is 7.05 Å². The molecule has 5 rings (SSSR count). The molecule has 28 heavy (non-hydrogen) atoms. The number of halogens is 1. The molecule has 0 fully saturated rings. The van der Waals surface area contributed by atoms with Crippen LogP contribution in [0.5, 0.6) is 0 Å². The number of aryl methyl sites for hydroxylation is 1. The molecule has 0 bridgehead atoms. The van der Waals surface area contributed by atoms with Crippen molar-refractivity contribution in [1.82, 2.24) is 14.1 Å². The number of aromatic nitrogens is 3. The normalized spacial score (nSPS) is 15.6. The van der Waals surface area contributed by atoms with Gasteiger partial charge in [-0.05, 0) is 24.3 Å². The van der Waals surface area contributed by atoms with Crippen molar-refractivity contribution >= 4 is 33.9 Å². The number of aliphatic hydroxyl groups is 1. The lowest BCUT2D eigenvalue weighted by molar-refractivity contribution is 0.112. The molecule has 2 aromatic carbocycles. The highest BCUT2D eigenvalue weighted by Crippen LogP contribution is 2.39. The number of nitrogens with one attached hydrogen (secondary N) is 1. The number of hydrogen-bond donors (Lipinski definition) is 2. The van der Waals surface area contributed by atoms with Crippen LogP contribution in [-0.4, -0.2) is 32.1 Å². The molecule has 2 N–H and O–H groups in total. The van der Waals surface area contributed by atoms with Gasteiger partial charge in [-0.1, -0.05) is 6.07 Å². The summed E-state index contributed by atoms with van der Waals surface area (Å²) in [4.78, 5) is 15.6. The Morgan fingerprint density at radius 1 is 1.36 bits per heavy atom. The molecule has 0 spiro atoms. The number of benzene rings is 2. The fourth-order valence-corrected chi connectivity index (χ4v) is 3.97. The van der Waals surface area contributed by atoms with Crippen molar-refractivity contribution in [3.63, 3.8) is 0 Å². The summed E-state index contributed by atoms with van der Waals surface area (Å²) in [6.45, 7) is 0.232. The number of anilines is 1. The second kappa shape index (κ2) is 5.65. The summed E-state index contributed by atoms with van der Waals surface area (Å²) in [6.07, 6.45) is -0.290. The first-order valence-corrected chi connectivity index (χ1v) is 8.65. The lowest BCUT2D eigenvalue weighted by Gasteiger charge is -2.25. The molecule has 0 amide bonds. The molecule has 0 unspecified atom stereocenters. The molecule has 1 aliphatic heterocycles. The highest BCUT2D eigenvalue weighted by molar-refractivity contribution is 5.99. The minimum Gasteiger partial charge on any atom is -0.378 e. The Morgan fingerprint density at radius 2 is 2.18 bits per heavy atom. The smallest absolute Gasteiger partial charge is 0.157 e. The van der Waals surface area contributed by atoms with E-state index in [0.29, 0.717) is 40.1 Å². The van der Waals surface area contributed by atoms with E-state index in [1.54, 1.807) is 22.2 Å². The van der Waals surface area contributed by atoms with Crippen molar-refractivity contribution in [3.05, 3.63) is 47.3 Å². The Labute approximate surface area is 158 Å². The number of aliphatic hydroxyl groups excluding tert-OH is 1. The number of rotatable bonds is 2. The minimum atomic E-state index is -0.871. The molecule has 8 heteroatoms. The third-order valence-electron chi connectivity index (χ3n) is 5.19. The average molecular weight is 375 g/mol. The number of carbonyl (C=O) groups excluding carboxylic acids is 1. The molecular weight excluding hydrogens is 361 g/mol. The predicted octanol–water partition coefficient (Wildman–Crippen LogP) is 2.93. The van der Waals surface area contributed by atoms with Crippen molar-refractivity contribution in [2.75, 3.05) is 11.9 Å². The van der Waals surface area contributed by atoms with Gasteiger partial charge in [-0.2, -0.15) is 5.26 Å². The summed E-state index contributed by atoms with van der Waals surface area (Å²) in [5, 5.41) is 24.0. The Morgan fingerprint density at radius 3 is 2.93 bits per heavy atom. The fourth-order valence-electron chi connectivity index (χ4n) is 3.97. The number of carbonyl (C=O) groups is 1. The first-order valence-electron chi connectivity index (χ1n) is 8.65. The van der Waals surface area contributed by atoms with E-state index in [1.165, 1.54) is 12.1 Å². The SMILES string of the molecule is Cn1c(-c2cc3ccc(C#N)c4c3n2[C@@H](O)CN4)nc2cc(C=O)cc(F)c21. The van der Waals surface area contributed by atoms with Crippen molar-refractivity contribution < 1.29 is 14.3 Å². The monoisotopic (exact) mass is 375 g/mol. The van der Waals surface area contributed by atoms with Crippen LogP contribution in [0.2, 0.25) is 0 Å². The summed E-state index contributed by atoms with van der Waals surface area (Å²) in [7, 11) is 1.69. The third-order valence-corrected chi connectivity index (χ3v) is 5.19. The Hall–Kier alpha value is -3.70. The molecule has 3 heterocycles. The molecule has 7 nitrogen and oxygen atoms in total. The van der Waals surface area contributed by atoms with Crippen LogP contribution in [0, 0.1) is 17.1 Å². The van der Waals surface area contributed by atoms with Gasteiger partial charge in [0.05, 0.1) is 34.5 Å². The summed E-state index contributed by atoms with van der Waals surface area (Å²) >= 11 is 0. The van der Waals surface area contributed by atoms with Gasteiger partial charge in [-0.25, -0.2) is 9.37 Å². The molecule has 0 saturated heterocycles. The minimum absolute atomic E-state index is 0.210. The highest BCUT2D eigenvalue weighted by Gasteiger charge is 2.27. The summed E-state index contributed by atoms with van der Waals surface area (Å²) in [6, 6.07) is 10.3. The molecule has 1 aliphatic rings. The van der Waals surface area contributed by atoms with E-state index in [-0.39, 0.29) is 17.6 Å².